The van der Waals surface area contributed by atoms with Crippen molar-refractivity contribution < 1.29 is 13.6 Å². The van der Waals surface area contributed by atoms with Crippen molar-refractivity contribution >= 4 is 63.4 Å². The molecule has 3 nitrogen and oxygen atoms in total. The predicted octanol–water partition coefficient (Wildman–Crippen LogP) is 8.95. The summed E-state index contributed by atoms with van der Waals surface area (Å²) in [6.45, 7) is 0. The molecule has 32 heavy (non-hydrogen) atoms. The molecule has 3 aromatic carbocycles. The second-order valence-corrected chi connectivity index (χ2v) is 9.82. The molecule has 0 aliphatic heterocycles. The summed E-state index contributed by atoms with van der Waals surface area (Å²) in [6.07, 6.45) is 3.45. The highest BCUT2D eigenvalue weighted by molar-refractivity contribution is 7.25. The third-order valence-electron chi connectivity index (χ3n) is 6.03. The van der Waals surface area contributed by atoms with Crippen LogP contribution in [0.25, 0.3) is 63.0 Å². The standard InChI is InChI=1S/C27H16O3S2/c1-28-22-14-30-27-25(22)21-13-18(6-8-24(21)32-27)16-4-2-3-15(11-16)17-5-7-23-20(12-17)19-9-10-29-26(19)31-23/h2-14H,1H3. The Bertz CT molecular complexity index is 1780. The van der Waals surface area contributed by atoms with Gasteiger partial charge in [0, 0.05) is 25.6 Å². The van der Waals surface area contributed by atoms with E-state index >= 15 is 0 Å². The second-order valence-electron chi connectivity index (χ2n) is 7.80. The quantitative estimate of drug-likeness (QED) is 0.268. The lowest BCUT2D eigenvalue weighted by atomic mass is 9.97. The fourth-order valence-electron chi connectivity index (χ4n) is 4.45. The third kappa shape index (κ3) is 2.58. The van der Waals surface area contributed by atoms with Gasteiger partial charge in [-0.25, -0.2) is 0 Å². The number of furan rings is 2. The summed E-state index contributed by atoms with van der Waals surface area (Å²) < 4.78 is 19.3. The van der Waals surface area contributed by atoms with Crippen LogP contribution in [0.15, 0.2) is 88.1 Å². The molecule has 0 bridgehead atoms. The lowest BCUT2D eigenvalue weighted by molar-refractivity contribution is 0.410. The van der Waals surface area contributed by atoms with Crippen LogP contribution in [0.1, 0.15) is 0 Å². The minimum Gasteiger partial charge on any atom is -0.493 e. The number of rotatable bonds is 3. The van der Waals surface area contributed by atoms with Gasteiger partial charge in [-0.2, -0.15) is 0 Å². The maximum Gasteiger partial charge on any atom is 0.192 e. The summed E-state index contributed by atoms with van der Waals surface area (Å²) in [6, 6.07) is 24.0. The van der Waals surface area contributed by atoms with Crippen LogP contribution in [0.2, 0.25) is 0 Å². The van der Waals surface area contributed by atoms with Gasteiger partial charge in [0.2, 0.25) is 0 Å². The van der Waals surface area contributed by atoms with Gasteiger partial charge in [-0.3, -0.25) is 0 Å². The van der Waals surface area contributed by atoms with Gasteiger partial charge in [-0.05, 0) is 58.7 Å². The molecule has 0 aliphatic carbocycles. The van der Waals surface area contributed by atoms with Crippen molar-refractivity contribution in [3.8, 4) is 28.0 Å². The maximum atomic E-state index is 5.69. The van der Waals surface area contributed by atoms with Crippen molar-refractivity contribution in [2.24, 2.45) is 0 Å². The van der Waals surface area contributed by atoms with Crippen LogP contribution in [0.5, 0.6) is 5.75 Å². The molecule has 4 heterocycles. The first kappa shape index (κ1) is 18.1. The number of fused-ring (bicyclic) bond motifs is 6. The molecule has 0 amide bonds. The second kappa shape index (κ2) is 6.73. The van der Waals surface area contributed by atoms with Gasteiger partial charge in [0.15, 0.2) is 15.5 Å². The highest BCUT2D eigenvalue weighted by Gasteiger charge is 2.15. The highest BCUT2D eigenvalue weighted by atomic mass is 32.1. The monoisotopic (exact) mass is 452 g/mol. The molecule has 0 unspecified atom stereocenters. The Morgan fingerprint density at radius 3 is 2.12 bits per heavy atom. The SMILES string of the molecule is COc1coc2sc3ccc(-c4cccc(-c5ccc6sc7occc7c6c5)c4)cc3c12. The number of benzene rings is 3. The molecule has 0 saturated heterocycles. The van der Waals surface area contributed by atoms with Gasteiger partial charge < -0.3 is 13.6 Å². The predicted molar refractivity (Wildman–Crippen MR) is 134 cm³/mol. The van der Waals surface area contributed by atoms with Gasteiger partial charge in [0.05, 0.1) is 18.8 Å². The van der Waals surface area contributed by atoms with Crippen LogP contribution in [-0.4, -0.2) is 7.11 Å². The van der Waals surface area contributed by atoms with Crippen molar-refractivity contribution in [3.63, 3.8) is 0 Å². The van der Waals surface area contributed by atoms with E-state index in [1.807, 2.05) is 0 Å². The molecule has 0 aliphatic rings. The molecule has 0 saturated carbocycles. The Kier molecular flexibility index (Phi) is 3.80. The molecule has 7 rings (SSSR count). The van der Waals surface area contributed by atoms with Crippen LogP contribution in [0.4, 0.5) is 0 Å². The van der Waals surface area contributed by atoms with E-state index in [0.717, 1.165) is 20.9 Å². The summed E-state index contributed by atoms with van der Waals surface area (Å²) >= 11 is 3.35. The topological polar surface area (TPSA) is 35.5 Å². The number of ether oxygens (including phenoxy) is 1. The van der Waals surface area contributed by atoms with Crippen LogP contribution < -0.4 is 4.74 Å². The van der Waals surface area contributed by atoms with Gasteiger partial charge in [0.1, 0.15) is 6.26 Å². The fraction of sp³-hybridized carbons (Fsp3) is 0.0370. The van der Waals surface area contributed by atoms with Gasteiger partial charge in [-0.15, -0.1) is 0 Å². The largest absolute Gasteiger partial charge is 0.493 e. The molecule has 4 aromatic heterocycles. The van der Waals surface area contributed by atoms with E-state index in [1.165, 1.54) is 47.8 Å². The van der Waals surface area contributed by atoms with Gasteiger partial charge >= 0.3 is 0 Å². The zero-order valence-corrected chi connectivity index (χ0v) is 18.7. The molecule has 0 spiro atoms. The molecule has 0 N–H and O–H groups in total. The molecule has 0 atom stereocenters. The van der Waals surface area contributed by atoms with Crippen molar-refractivity contribution in [2.75, 3.05) is 7.11 Å². The Morgan fingerprint density at radius 1 is 0.656 bits per heavy atom. The van der Waals surface area contributed by atoms with Gasteiger partial charge in [-0.1, -0.05) is 53.0 Å². The van der Waals surface area contributed by atoms with E-state index in [9.17, 15) is 0 Å². The average Bonchev–Trinajstić information content (AvgIpc) is 3.58. The summed E-state index contributed by atoms with van der Waals surface area (Å²) in [7, 11) is 1.68. The van der Waals surface area contributed by atoms with E-state index in [0.29, 0.717) is 0 Å². The Morgan fingerprint density at radius 2 is 1.34 bits per heavy atom. The lowest BCUT2D eigenvalue weighted by Crippen LogP contribution is -1.82. The molecule has 7 aromatic rings. The molecule has 154 valence electrons. The summed E-state index contributed by atoms with van der Waals surface area (Å²) in [5.74, 6) is 0.784. The van der Waals surface area contributed by atoms with E-state index in [1.54, 1.807) is 42.3 Å². The first-order chi connectivity index (χ1) is 15.8. The minimum atomic E-state index is 0.784. The average molecular weight is 453 g/mol. The smallest absolute Gasteiger partial charge is 0.192 e. The molecule has 5 heteroatoms. The number of hydrogen-bond donors (Lipinski definition) is 0. The van der Waals surface area contributed by atoms with Crippen LogP contribution >= 0.6 is 22.7 Å². The Labute approximate surface area is 191 Å². The van der Waals surface area contributed by atoms with E-state index in [4.69, 9.17) is 13.6 Å². The fourth-order valence-corrected chi connectivity index (χ4v) is 6.47. The molecular formula is C27H16O3S2. The first-order valence-corrected chi connectivity index (χ1v) is 11.9. The van der Waals surface area contributed by atoms with E-state index < -0.39 is 0 Å². The maximum absolute atomic E-state index is 5.69. The number of thiophene rings is 2. The normalized spacial score (nSPS) is 11.9. The molecular weight excluding hydrogens is 436 g/mol. The Balaban J connectivity index is 1.37. The van der Waals surface area contributed by atoms with E-state index in [-0.39, 0.29) is 0 Å². The molecule has 0 radical (unpaired) electrons. The van der Waals surface area contributed by atoms with Crippen molar-refractivity contribution in [2.45, 2.75) is 0 Å². The van der Waals surface area contributed by atoms with Crippen molar-refractivity contribution in [3.05, 3.63) is 79.3 Å². The summed E-state index contributed by atoms with van der Waals surface area (Å²) in [5.41, 5.74) is 4.76. The first-order valence-electron chi connectivity index (χ1n) is 10.3. The number of methoxy groups -OCH3 is 1. The van der Waals surface area contributed by atoms with Crippen molar-refractivity contribution in [1.82, 2.24) is 0 Å². The van der Waals surface area contributed by atoms with Crippen LogP contribution in [0.3, 0.4) is 0 Å². The van der Waals surface area contributed by atoms with Gasteiger partial charge in [0.25, 0.3) is 0 Å². The highest BCUT2D eigenvalue weighted by Crippen LogP contribution is 2.43. The van der Waals surface area contributed by atoms with E-state index in [2.05, 4.69) is 66.7 Å². The lowest BCUT2D eigenvalue weighted by Gasteiger charge is -2.07. The molecule has 0 fully saturated rings. The number of hydrogen-bond acceptors (Lipinski definition) is 5. The zero-order valence-electron chi connectivity index (χ0n) is 17.0. The summed E-state index contributed by atoms with van der Waals surface area (Å²) in [4.78, 5) is 1.88. The van der Waals surface area contributed by atoms with Crippen molar-refractivity contribution in [1.29, 1.82) is 0 Å². The van der Waals surface area contributed by atoms with Crippen LogP contribution in [-0.2, 0) is 0 Å². The minimum absolute atomic E-state index is 0.784. The third-order valence-corrected chi connectivity index (χ3v) is 8.17. The summed E-state index contributed by atoms with van der Waals surface area (Å²) in [5, 5.41) is 4.65. The zero-order chi connectivity index (χ0) is 21.2. The van der Waals surface area contributed by atoms with Crippen LogP contribution in [0, 0.1) is 0 Å². The Hall–Kier alpha value is -3.54.